The smallest absolute Gasteiger partial charge is 0.276 e. The van der Waals surface area contributed by atoms with E-state index in [1.54, 1.807) is 12.1 Å². The lowest BCUT2D eigenvalue weighted by Gasteiger charge is -2.04. The zero-order chi connectivity index (χ0) is 16.8. The Bertz CT molecular complexity index is 772. The average Bonchev–Trinajstić information content (AvgIpc) is 3.06. The molecule has 24 heavy (non-hydrogen) atoms. The Labute approximate surface area is 144 Å². The van der Waals surface area contributed by atoms with Crippen LogP contribution in [0.25, 0.3) is 11.5 Å². The highest BCUT2D eigenvalue weighted by Crippen LogP contribution is 2.23. The van der Waals surface area contributed by atoms with Gasteiger partial charge in [0, 0.05) is 11.3 Å². The van der Waals surface area contributed by atoms with Crippen LogP contribution in [0.4, 0.5) is 4.39 Å². The first-order chi connectivity index (χ1) is 11.7. The van der Waals surface area contributed by atoms with Crippen LogP contribution >= 0.6 is 11.8 Å². The van der Waals surface area contributed by atoms with Gasteiger partial charge in [0.2, 0.25) is 5.89 Å². The zero-order valence-electron chi connectivity index (χ0n) is 13.2. The molecule has 0 aliphatic rings. The van der Waals surface area contributed by atoms with Gasteiger partial charge in [0.15, 0.2) is 0 Å². The van der Waals surface area contributed by atoms with Gasteiger partial charge in [-0.1, -0.05) is 29.5 Å². The summed E-state index contributed by atoms with van der Waals surface area (Å²) in [5.41, 5.74) is 2.11. The Morgan fingerprint density at radius 1 is 1.04 bits per heavy atom. The van der Waals surface area contributed by atoms with Crippen LogP contribution in [0.2, 0.25) is 0 Å². The minimum absolute atomic E-state index is 0.265. The van der Waals surface area contributed by atoms with E-state index in [1.807, 2.05) is 31.2 Å². The third-order valence-corrected chi connectivity index (χ3v) is 4.21. The van der Waals surface area contributed by atoms with E-state index in [-0.39, 0.29) is 5.82 Å². The molecule has 0 aliphatic carbocycles. The van der Waals surface area contributed by atoms with Gasteiger partial charge < -0.3 is 9.15 Å². The Hall–Kier alpha value is -2.34. The van der Waals surface area contributed by atoms with Gasteiger partial charge in [-0.15, -0.1) is 10.2 Å². The number of benzene rings is 2. The molecule has 3 aromatic rings. The Kier molecular flexibility index (Phi) is 5.48. The number of aromatic nitrogens is 2. The second-order valence-corrected chi connectivity index (χ2v) is 6.29. The van der Waals surface area contributed by atoms with Gasteiger partial charge in [-0.2, -0.15) is 0 Å². The molecule has 0 amide bonds. The lowest BCUT2D eigenvalue weighted by atomic mass is 10.1. The van der Waals surface area contributed by atoms with E-state index >= 15 is 0 Å². The number of rotatable bonds is 7. The first-order valence-corrected chi connectivity index (χ1v) is 8.61. The van der Waals surface area contributed by atoms with Gasteiger partial charge >= 0.3 is 0 Å². The van der Waals surface area contributed by atoms with Crippen LogP contribution in [0.3, 0.4) is 0 Å². The van der Waals surface area contributed by atoms with Gasteiger partial charge in [0.1, 0.15) is 11.6 Å². The van der Waals surface area contributed by atoms with Crippen LogP contribution < -0.4 is 4.74 Å². The largest absolute Gasteiger partial charge is 0.494 e. The molecule has 1 aromatic heterocycles. The average molecular weight is 344 g/mol. The molecule has 1 heterocycles. The van der Waals surface area contributed by atoms with Crippen molar-refractivity contribution in [2.24, 2.45) is 0 Å². The van der Waals surface area contributed by atoms with Crippen molar-refractivity contribution in [2.45, 2.75) is 18.6 Å². The third-order valence-electron chi connectivity index (χ3n) is 3.30. The predicted octanol–water partition coefficient (Wildman–Crippen LogP) is 4.75. The van der Waals surface area contributed by atoms with Crippen LogP contribution in [0.5, 0.6) is 5.75 Å². The monoisotopic (exact) mass is 344 g/mol. The third kappa shape index (κ3) is 4.58. The topological polar surface area (TPSA) is 48.2 Å². The van der Waals surface area contributed by atoms with Crippen molar-refractivity contribution < 1.29 is 13.5 Å². The summed E-state index contributed by atoms with van der Waals surface area (Å²) in [5.74, 6) is 1.73. The molecule has 0 fully saturated rings. The van der Waals surface area contributed by atoms with E-state index in [4.69, 9.17) is 9.15 Å². The van der Waals surface area contributed by atoms with Crippen LogP contribution in [-0.4, -0.2) is 22.6 Å². The van der Waals surface area contributed by atoms with Crippen LogP contribution in [0.15, 0.2) is 58.2 Å². The highest BCUT2D eigenvalue weighted by Gasteiger charge is 2.08. The first kappa shape index (κ1) is 16.5. The molecule has 3 rings (SSSR count). The summed E-state index contributed by atoms with van der Waals surface area (Å²) in [4.78, 5) is 0. The number of thioether (sulfide) groups is 1. The molecule has 6 heteroatoms. The molecule has 0 spiro atoms. The molecule has 0 N–H and O–H groups in total. The molecule has 0 bridgehead atoms. The summed E-state index contributed by atoms with van der Waals surface area (Å²) in [6, 6.07) is 14.0. The lowest BCUT2D eigenvalue weighted by molar-refractivity contribution is 0.318. The lowest BCUT2D eigenvalue weighted by Crippen LogP contribution is -1.98. The maximum atomic E-state index is 12.8. The summed E-state index contributed by atoms with van der Waals surface area (Å²) in [7, 11) is 0. The maximum Gasteiger partial charge on any atom is 0.276 e. The number of ether oxygens (including phenoxy) is 1. The van der Waals surface area contributed by atoms with Crippen molar-refractivity contribution in [1.82, 2.24) is 10.2 Å². The summed E-state index contributed by atoms with van der Waals surface area (Å²) in [6.07, 6.45) is 0.824. The summed E-state index contributed by atoms with van der Waals surface area (Å²) in [5, 5.41) is 8.66. The number of aryl methyl sites for hydroxylation is 1. The number of nitrogens with zero attached hydrogens (tertiary/aromatic N) is 2. The second-order valence-electron chi connectivity index (χ2n) is 5.24. The Balaban J connectivity index is 1.42. The van der Waals surface area contributed by atoms with Crippen molar-refractivity contribution in [3.05, 3.63) is 59.9 Å². The van der Waals surface area contributed by atoms with Crippen LogP contribution in [0, 0.1) is 12.7 Å². The van der Waals surface area contributed by atoms with Gasteiger partial charge in [-0.05, 0) is 49.7 Å². The predicted molar refractivity (Wildman–Crippen MR) is 91.7 cm³/mol. The van der Waals surface area contributed by atoms with Gasteiger partial charge in [0.25, 0.3) is 5.22 Å². The fourth-order valence-corrected chi connectivity index (χ4v) is 2.69. The minimum atomic E-state index is -0.265. The SMILES string of the molecule is Cc1ccc(-c2nnc(SCCCOc3ccc(F)cc3)o2)cc1. The van der Waals surface area contributed by atoms with Gasteiger partial charge in [-0.3, -0.25) is 0 Å². The second kappa shape index (κ2) is 7.97. The molecule has 0 aliphatic heterocycles. The standard InChI is InChI=1S/C18H17FN2O2S/c1-13-3-5-14(6-4-13)17-20-21-18(23-17)24-12-2-11-22-16-9-7-15(19)8-10-16/h3-10H,2,11-12H2,1H3. The van der Waals surface area contributed by atoms with Gasteiger partial charge in [0.05, 0.1) is 6.61 Å². The fraction of sp³-hybridized carbons (Fsp3) is 0.222. The molecule has 0 radical (unpaired) electrons. The van der Waals surface area contributed by atoms with Crippen molar-refractivity contribution >= 4 is 11.8 Å². The number of hydrogen-bond donors (Lipinski definition) is 0. The number of halogens is 1. The Morgan fingerprint density at radius 3 is 2.54 bits per heavy atom. The molecule has 2 aromatic carbocycles. The molecule has 0 saturated heterocycles. The van der Waals surface area contributed by atoms with E-state index in [0.29, 0.717) is 23.5 Å². The normalized spacial score (nSPS) is 10.8. The van der Waals surface area contributed by atoms with Crippen LogP contribution in [0.1, 0.15) is 12.0 Å². The minimum Gasteiger partial charge on any atom is -0.494 e. The summed E-state index contributed by atoms with van der Waals surface area (Å²) in [6.45, 7) is 2.59. The first-order valence-electron chi connectivity index (χ1n) is 7.62. The zero-order valence-corrected chi connectivity index (χ0v) is 14.1. The van der Waals surface area contributed by atoms with Crippen molar-refractivity contribution in [3.8, 4) is 17.2 Å². The van der Waals surface area contributed by atoms with E-state index in [0.717, 1.165) is 17.7 Å². The highest BCUT2D eigenvalue weighted by molar-refractivity contribution is 7.99. The Morgan fingerprint density at radius 2 is 1.79 bits per heavy atom. The van der Waals surface area contributed by atoms with E-state index in [2.05, 4.69) is 10.2 Å². The summed E-state index contributed by atoms with van der Waals surface area (Å²) < 4.78 is 24.0. The maximum absolute atomic E-state index is 12.8. The molecular formula is C18H17FN2O2S. The fourth-order valence-electron chi connectivity index (χ4n) is 2.02. The number of hydrogen-bond acceptors (Lipinski definition) is 5. The van der Waals surface area contributed by atoms with E-state index in [9.17, 15) is 4.39 Å². The molecule has 4 nitrogen and oxygen atoms in total. The highest BCUT2D eigenvalue weighted by atomic mass is 32.2. The molecule has 0 unspecified atom stereocenters. The van der Waals surface area contributed by atoms with Gasteiger partial charge in [-0.25, -0.2) is 4.39 Å². The van der Waals surface area contributed by atoms with Crippen molar-refractivity contribution in [2.75, 3.05) is 12.4 Å². The molecule has 0 saturated carbocycles. The van der Waals surface area contributed by atoms with Crippen LogP contribution in [-0.2, 0) is 0 Å². The molecule has 124 valence electrons. The quantitative estimate of drug-likeness (QED) is 0.457. The van der Waals surface area contributed by atoms with E-state index in [1.165, 1.54) is 29.5 Å². The molecular weight excluding hydrogens is 327 g/mol. The van der Waals surface area contributed by atoms with E-state index < -0.39 is 0 Å². The van der Waals surface area contributed by atoms with Crippen molar-refractivity contribution in [1.29, 1.82) is 0 Å². The van der Waals surface area contributed by atoms with Crippen molar-refractivity contribution in [3.63, 3.8) is 0 Å². The molecule has 0 atom stereocenters. The summed E-state index contributed by atoms with van der Waals surface area (Å²) >= 11 is 1.50.